The number of carbonyl (C=O) groups excluding carboxylic acids is 2. The summed E-state index contributed by atoms with van der Waals surface area (Å²) in [4.78, 5) is 29.2. The maximum atomic E-state index is 12.9. The number of imide groups is 1. The lowest BCUT2D eigenvalue weighted by atomic mass is 9.65. The second-order valence-corrected chi connectivity index (χ2v) is 10.5. The molecule has 5 nitrogen and oxygen atoms in total. The topological polar surface area (TPSA) is 55.8 Å². The molecule has 3 saturated heterocycles. The molecule has 0 spiro atoms. The minimum Gasteiger partial charge on any atom is -0.373 e. The molecular weight excluding hydrogens is 459 g/mol. The fourth-order valence-corrected chi connectivity index (χ4v) is 7.70. The molecule has 5 aliphatic rings. The second kappa shape index (κ2) is 5.78. The van der Waals surface area contributed by atoms with Gasteiger partial charge < -0.3 is 4.74 Å². The van der Waals surface area contributed by atoms with Crippen LogP contribution in [0.3, 0.4) is 0 Å². The number of ether oxygens (including phenoxy) is 1. The second-order valence-electron chi connectivity index (χ2n) is 7.76. The molecule has 10 heteroatoms. The van der Waals surface area contributed by atoms with E-state index in [9.17, 15) is 9.59 Å². The first-order chi connectivity index (χ1) is 12.6. The van der Waals surface area contributed by atoms with E-state index in [1.54, 1.807) is 13.0 Å². The third-order valence-corrected chi connectivity index (χ3v) is 9.18. The van der Waals surface area contributed by atoms with Crippen LogP contribution in [0.15, 0.2) is 21.2 Å². The highest BCUT2D eigenvalue weighted by Gasteiger charge is 2.82. The van der Waals surface area contributed by atoms with E-state index in [-0.39, 0.29) is 18.4 Å². The molecule has 3 heterocycles. The first-order valence-electron chi connectivity index (χ1n) is 8.55. The molecule has 4 bridgehead atoms. The predicted octanol–water partition coefficient (Wildman–Crippen LogP) is 3.74. The van der Waals surface area contributed by atoms with E-state index in [1.165, 1.54) is 0 Å². The van der Waals surface area contributed by atoms with E-state index in [4.69, 9.17) is 67.6 Å². The van der Waals surface area contributed by atoms with Crippen LogP contribution in [0.2, 0.25) is 0 Å². The van der Waals surface area contributed by atoms with Gasteiger partial charge in [0.2, 0.25) is 0 Å². The number of fused-ring (bicyclic) bond motifs is 12. The molecule has 0 aromatic heterocycles. The van der Waals surface area contributed by atoms with Crippen LogP contribution in [0.1, 0.15) is 13.3 Å². The van der Waals surface area contributed by atoms with Gasteiger partial charge in [0.25, 0.3) is 11.8 Å². The minimum absolute atomic E-state index is 0.0212. The quantitative estimate of drug-likeness (QED) is 0.463. The zero-order valence-corrected chi connectivity index (χ0v) is 17.7. The molecule has 3 aliphatic heterocycles. The van der Waals surface area contributed by atoms with Crippen molar-refractivity contribution in [1.82, 2.24) is 5.06 Å². The first-order valence-corrected chi connectivity index (χ1v) is 10.4. The number of amides is 2. The van der Waals surface area contributed by atoms with Crippen molar-refractivity contribution in [3.05, 3.63) is 21.2 Å². The zero-order chi connectivity index (χ0) is 19.5. The van der Waals surface area contributed by atoms with Crippen molar-refractivity contribution in [2.24, 2.45) is 23.7 Å². The number of carbonyl (C=O) groups is 2. The molecule has 8 atom stereocenters. The van der Waals surface area contributed by atoms with Gasteiger partial charge in [-0.05, 0) is 19.4 Å². The molecule has 0 radical (unpaired) electrons. The number of alkyl halides is 2. The van der Waals surface area contributed by atoms with Crippen molar-refractivity contribution in [2.45, 2.75) is 35.3 Å². The van der Waals surface area contributed by atoms with Gasteiger partial charge in [0.1, 0.15) is 0 Å². The van der Waals surface area contributed by atoms with Crippen LogP contribution in [0.25, 0.3) is 0 Å². The molecule has 27 heavy (non-hydrogen) atoms. The Morgan fingerprint density at radius 2 is 1.63 bits per heavy atom. The normalized spacial score (nSPS) is 50.3. The Morgan fingerprint density at radius 1 is 1.15 bits per heavy atom. The highest BCUT2D eigenvalue weighted by Crippen LogP contribution is 2.75. The third-order valence-electron chi connectivity index (χ3n) is 6.54. The number of hydroxylamine groups is 2. The fraction of sp³-hybridized carbons (Fsp3) is 0.647. The van der Waals surface area contributed by atoms with Gasteiger partial charge in [-0.1, -0.05) is 34.8 Å². The maximum Gasteiger partial charge on any atom is 0.260 e. The molecule has 4 fully saturated rings. The van der Waals surface area contributed by atoms with E-state index in [1.807, 2.05) is 0 Å². The number of rotatable bonds is 3. The predicted molar refractivity (Wildman–Crippen MR) is 101 cm³/mol. The molecule has 0 N–H and O–H groups in total. The smallest absolute Gasteiger partial charge is 0.260 e. The van der Waals surface area contributed by atoms with Crippen LogP contribution in [0, 0.1) is 23.7 Å². The van der Waals surface area contributed by atoms with Crippen LogP contribution in [0.4, 0.5) is 0 Å². The van der Waals surface area contributed by atoms with Gasteiger partial charge in [0, 0.05) is 16.9 Å². The number of hydrogen-bond acceptors (Lipinski definition) is 4. The van der Waals surface area contributed by atoms with Gasteiger partial charge >= 0.3 is 0 Å². The SMILES string of the molecule is C/C(Cl)=C/CON1C(=O)[C@@H]2[C@H]3O[C@@H]([C@@H]2C1=O)[C@H]1[C@H]3[C@@]2(Cl)C[C@@]1(Cl)C(Cl)=C2Cl. The lowest BCUT2D eigenvalue weighted by Crippen LogP contribution is -2.50. The summed E-state index contributed by atoms with van der Waals surface area (Å²) in [6.45, 7) is 1.70. The summed E-state index contributed by atoms with van der Waals surface area (Å²) in [5.41, 5.74) is 0. The highest BCUT2D eigenvalue weighted by molar-refractivity contribution is 6.51. The van der Waals surface area contributed by atoms with Crippen molar-refractivity contribution in [2.75, 3.05) is 6.61 Å². The number of hydrogen-bond donors (Lipinski definition) is 0. The molecule has 146 valence electrons. The Morgan fingerprint density at radius 3 is 2.07 bits per heavy atom. The van der Waals surface area contributed by atoms with Gasteiger partial charge in [0.05, 0.1) is 50.5 Å². The molecule has 0 aromatic carbocycles. The molecule has 2 amide bonds. The Bertz CT molecular complexity index is 787. The largest absolute Gasteiger partial charge is 0.373 e. The van der Waals surface area contributed by atoms with Crippen molar-refractivity contribution in [3.8, 4) is 0 Å². The summed E-state index contributed by atoms with van der Waals surface area (Å²) < 4.78 is 6.08. The number of nitrogens with zero attached hydrogens (tertiary/aromatic N) is 1. The van der Waals surface area contributed by atoms with Crippen LogP contribution in [0.5, 0.6) is 0 Å². The Hall–Kier alpha value is -0.0100. The minimum atomic E-state index is -0.967. The molecule has 0 aromatic rings. The average Bonchev–Trinajstić information content (AvgIpc) is 3.32. The van der Waals surface area contributed by atoms with Crippen LogP contribution >= 0.6 is 58.0 Å². The lowest BCUT2D eigenvalue weighted by molar-refractivity contribution is -0.189. The van der Waals surface area contributed by atoms with Crippen LogP contribution in [-0.4, -0.2) is 45.4 Å². The molecular formula is C17H14Cl5NO4. The van der Waals surface area contributed by atoms with Gasteiger partial charge in [-0.3, -0.25) is 14.4 Å². The van der Waals surface area contributed by atoms with Gasteiger partial charge in [-0.15, -0.1) is 23.2 Å². The van der Waals surface area contributed by atoms with Gasteiger partial charge in [0.15, 0.2) is 0 Å². The standard InChI is InChI=1S/C17H14Cl5NO4/c1-5(18)2-3-26-23-14(24)6-7(15(23)25)11-9-8(10(6)27-11)16(21)4-17(9,22)13(20)12(16)19/h2,6-11H,3-4H2,1H3/b5-2-/t6-,7+,8-,9-,10+,11-,16+,17+/m1/s1. The highest BCUT2D eigenvalue weighted by atomic mass is 35.5. The van der Waals surface area contributed by atoms with Crippen LogP contribution in [-0.2, 0) is 19.2 Å². The Kier molecular flexibility index (Phi) is 4.06. The lowest BCUT2D eigenvalue weighted by Gasteiger charge is -2.40. The average molecular weight is 474 g/mol. The van der Waals surface area contributed by atoms with E-state index < -0.39 is 45.6 Å². The van der Waals surface area contributed by atoms with Crippen LogP contribution < -0.4 is 0 Å². The van der Waals surface area contributed by atoms with Crippen molar-refractivity contribution in [1.29, 1.82) is 0 Å². The van der Waals surface area contributed by atoms with Gasteiger partial charge in [-0.25, -0.2) is 0 Å². The van der Waals surface area contributed by atoms with Crippen molar-refractivity contribution in [3.63, 3.8) is 0 Å². The van der Waals surface area contributed by atoms with Gasteiger partial charge in [-0.2, -0.15) is 5.06 Å². The fourth-order valence-electron chi connectivity index (χ4n) is 5.62. The molecule has 2 aliphatic carbocycles. The van der Waals surface area contributed by atoms with E-state index in [0.717, 1.165) is 5.06 Å². The number of halogens is 5. The van der Waals surface area contributed by atoms with Crippen molar-refractivity contribution < 1.29 is 19.2 Å². The number of allylic oxidation sites excluding steroid dienone is 3. The van der Waals surface area contributed by atoms with E-state index >= 15 is 0 Å². The first kappa shape index (κ1) is 19.0. The summed E-state index contributed by atoms with van der Waals surface area (Å²) in [6.07, 6.45) is 0.851. The summed E-state index contributed by atoms with van der Waals surface area (Å²) in [5, 5.41) is 1.98. The van der Waals surface area contributed by atoms with E-state index in [2.05, 4.69) is 0 Å². The Labute approximate surface area is 180 Å². The zero-order valence-electron chi connectivity index (χ0n) is 13.9. The summed E-state index contributed by atoms with van der Waals surface area (Å²) in [5.74, 6) is -2.70. The summed E-state index contributed by atoms with van der Waals surface area (Å²) in [6, 6.07) is 0. The molecule has 1 saturated carbocycles. The molecule has 0 unspecified atom stereocenters. The molecule has 5 rings (SSSR count). The summed E-state index contributed by atoms with van der Waals surface area (Å²) >= 11 is 32.3. The third kappa shape index (κ3) is 2.12. The van der Waals surface area contributed by atoms with Crippen molar-refractivity contribution >= 4 is 69.8 Å². The summed E-state index contributed by atoms with van der Waals surface area (Å²) in [7, 11) is 0. The monoisotopic (exact) mass is 471 g/mol. The maximum absolute atomic E-state index is 12.9. The Balaban J connectivity index is 1.49. The van der Waals surface area contributed by atoms with E-state index in [0.29, 0.717) is 21.5 Å².